The monoisotopic (exact) mass is 1040 g/mol. The third kappa shape index (κ3) is 7.32. The van der Waals surface area contributed by atoms with Crippen molar-refractivity contribution in [1.29, 1.82) is 0 Å². The van der Waals surface area contributed by atoms with Gasteiger partial charge in [-0.25, -0.2) is 4.98 Å². The summed E-state index contributed by atoms with van der Waals surface area (Å²) in [5.41, 5.74) is 29.2. The Hall–Kier alpha value is -8.99. The summed E-state index contributed by atoms with van der Waals surface area (Å²) in [5.74, 6) is 0.978. The topological polar surface area (TPSA) is 22.8 Å². The lowest BCUT2D eigenvalue weighted by molar-refractivity contribution is 0.445. The van der Waals surface area contributed by atoms with E-state index in [9.17, 15) is 0 Å². The van der Waals surface area contributed by atoms with Crippen LogP contribution in [-0.2, 0) is 0 Å². The fourth-order valence-corrected chi connectivity index (χ4v) is 15.7. The average molecular weight is 1040 g/mol. The second kappa shape index (κ2) is 18.8. The number of nitrogens with zero attached hydrogens (tertiary/aromatic N) is 3. The first-order valence-corrected chi connectivity index (χ1v) is 29.9. The summed E-state index contributed by atoms with van der Waals surface area (Å²) >= 11 is 0. The van der Waals surface area contributed by atoms with E-state index in [0.29, 0.717) is 11.8 Å². The predicted octanol–water partition coefficient (Wildman–Crippen LogP) is 18.5. The van der Waals surface area contributed by atoms with Crippen LogP contribution >= 0.6 is 0 Å². The van der Waals surface area contributed by atoms with Crippen LogP contribution in [-0.4, -0.2) is 20.8 Å². The van der Waals surface area contributed by atoms with Gasteiger partial charge in [-0.2, -0.15) is 0 Å². The van der Waals surface area contributed by atoms with Gasteiger partial charge in [-0.05, 0) is 158 Å². The molecule has 2 fully saturated rings. The minimum absolute atomic E-state index is 0.0189. The normalized spacial score (nSPS) is 15.0. The Labute approximate surface area is 474 Å². The summed E-state index contributed by atoms with van der Waals surface area (Å²) in [6.07, 6.45) is 12.6. The molecule has 2 aliphatic carbocycles. The molecule has 3 nitrogen and oxygen atoms in total. The van der Waals surface area contributed by atoms with E-state index in [1.807, 2.05) is 0 Å². The summed E-state index contributed by atoms with van der Waals surface area (Å²) < 4.78 is 5.50. The van der Waals surface area contributed by atoms with E-state index in [4.69, 9.17) is 4.98 Å². The van der Waals surface area contributed by atoms with Crippen LogP contribution < -0.4 is 16.4 Å². The van der Waals surface area contributed by atoms with Crippen molar-refractivity contribution in [3.63, 3.8) is 0 Å². The van der Waals surface area contributed by atoms with E-state index >= 15 is 0 Å². The highest BCUT2D eigenvalue weighted by atomic mass is 15.0. The van der Waals surface area contributed by atoms with Gasteiger partial charge in [0.1, 0.15) is 0 Å². The van der Waals surface area contributed by atoms with Crippen molar-refractivity contribution >= 4 is 66.7 Å². The van der Waals surface area contributed by atoms with E-state index in [-0.39, 0.29) is 6.71 Å². The lowest BCUT2D eigenvalue weighted by atomic mass is 9.34. The second-order valence-electron chi connectivity index (χ2n) is 23.7. The van der Waals surface area contributed by atoms with Gasteiger partial charge in [0.25, 0.3) is 6.71 Å². The Morgan fingerprint density at radius 3 is 1.15 bits per heavy atom. The summed E-state index contributed by atoms with van der Waals surface area (Å²) in [4.78, 5) is 5.61. The van der Waals surface area contributed by atoms with Crippen molar-refractivity contribution in [2.75, 3.05) is 0 Å². The van der Waals surface area contributed by atoms with Crippen molar-refractivity contribution in [3.05, 3.63) is 242 Å². The Balaban J connectivity index is 1.07. The van der Waals surface area contributed by atoms with Crippen LogP contribution in [0.1, 0.15) is 87.2 Å². The molecule has 4 aliphatic rings. The summed E-state index contributed by atoms with van der Waals surface area (Å²) in [7, 11) is 0. The van der Waals surface area contributed by atoms with Crippen LogP contribution in [0, 0.1) is 0 Å². The first-order chi connectivity index (χ1) is 40.2. The molecule has 0 radical (unpaired) electrons. The standard InChI is InChI=1S/C77H60BN3/c1-8-23-49(24-9-1)56-43-61(53-31-16-5-17-32-53)71-67(45-56)80-69-47-58(66-38-22-37-65(79-66)55-35-20-7-21-36-55)48-70-75(69)78(63-41-39-59(73(71)76(63)80)51-27-12-3-13-28-51)64-42-40-60(52-29-14-4-15-30-52)74-72-62(54-33-18-6-19-34-54)44-57(50-25-10-2-11-26-50)46-68(72)81(70)77(64)74/h1-2,5-11,16-26,31-48,51-52H,3-4,12-15,27-30H2. The number of rotatable bonds is 8. The zero-order valence-corrected chi connectivity index (χ0v) is 45.6. The predicted molar refractivity (Wildman–Crippen MR) is 342 cm³/mol. The Kier molecular flexibility index (Phi) is 10.9. The zero-order chi connectivity index (χ0) is 53.1. The molecule has 10 aromatic carbocycles. The van der Waals surface area contributed by atoms with Crippen LogP contribution in [0.15, 0.2) is 231 Å². The first kappa shape index (κ1) is 46.9. The average Bonchev–Trinajstić information content (AvgIpc) is 3.24. The summed E-state index contributed by atoms with van der Waals surface area (Å²) in [6.45, 7) is -0.0189. The molecule has 2 aliphatic heterocycles. The number of benzene rings is 10. The summed E-state index contributed by atoms with van der Waals surface area (Å²) in [6, 6.07) is 87.6. The maximum absolute atomic E-state index is 5.61. The third-order valence-corrected chi connectivity index (χ3v) is 19.3. The molecule has 81 heavy (non-hydrogen) atoms. The minimum Gasteiger partial charge on any atom is -0.310 e. The Morgan fingerprint density at radius 1 is 0.321 bits per heavy atom. The first-order valence-electron chi connectivity index (χ1n) is 29.9. The van der Waals surface area contributed by atoms with Crippen LogP contribution in [0.4, 0.5) is 0 Å². The maximum Gasteiger partial charge on any atom is 0.252 e. The van der Waals surface area contributed by atoms with Crippen molar-refractivity contribution in [1.82, 2.24) is 14.1 Å². The smallest absolute Gasteiger partial charge is 0.252 e. The molecule has 3 aromatic heterocycles. The van der Waals surface area contributed by atoms with Crippen LogP contribution in [0.2, 0.25) is 0 Å². The largest absolute Gasteiger partial charge is 0.310 e. The quantitative estimate of drug-likeness (QED) is 0.139. The molecular weight excluding hydrogens is 978 g/mol. The molecular formula is C77H60BN3. The van der Waals surface area contributed by atoms with Gasteiger partial charge in [-0.15, -0.1) is 0 Å². The lowest BCUT2D eigenvalue weighted by Crippen LogP contribution is -2.59. The third-order valence-electron chi connectivity index (χ3n) is 19.3. The molecule has 4 heteroatoms. The van der Waals surface area contributed by atoms with Crippen LogP contribution in [0.3, 0.4) is 0 Å². The highest BCUT2D eigenvalue weighted by Crippen LogP contribution is 2.51. The minimum atomic E-state index is -0.0189. The molecule has 0 atom stereocenters. The van der Waals surface area contributed by atoms with Crippen molar-refractivity contribution in [2.45, 2.75) is 76.0 Å². The molecule has 13 aromatic rings. The number of pyridine rings is 1. The van der Waals surface area contributed by atoms with E-state index in [0.717, 1.165) is 22.5 Å². The van der Waals surface area contributed by atoms with Gasteiger partial charge in [-0.1, -0.05) is 221 Å². The zero-order valence-electron chi connectivity index (χ0n) is 45.6. The van der Waals surface area contributed by atoms with Crippen molar-refractivity contribution in [3.8, 4) is 78.4 Å². The second-order valence-corrected chi connectivity index (χ2v) is 23.7. The molecule has 0 saturated heterocycles. The Morgan fingerprint density at radius 2 is 0.716 bits per heavy atom. The SMILES string of the molecule is c1ccc(-c2cc(-c3ccccc3)c3c4c(C5CCCCC5)ccc5c4n(c3c2)-c2cc(-c3cccc(-c4ccccc4)n3)cc3c2B5c2ccc(C4CCCCC4)c4c5c(-c6ccccc6)cc(-c6ccccc6)cc5n-3c24)cc1. The van der Waals surface area contributed by atoms with Crippen molar-refractivity contribution < 1.29 is 0 Å². The molecule has 0 amide bonds. The van der Waals surface area contributed by atoms with Gasteiger partial charge in [0, 0.05) is 55.1 Å². The van der Waals surface area contributed by atoms with Crippen LogP contribution in [0.5, 0.6) is 0 Å². The van der Waals surface area contributed by atoms with Gasteiger partial charge < -0.3 is 9.13 Å². The van der Waals surface area contributed by atoms with Gasteiger partial charge in [-0.3, -0.25) is 0 Å². The molecule has 386 valence electrons. The van der Waals surface area contributed by atoms with E-state index in [1.165, 1.54) is 191 Å². The van der Waals surface area contributed by atoms with E-state index in [2.05, 4.69) is 240 Å². The molecule has 5 heterocycles. The lowest BCUT2D eigenvalue weighted by Gasteiger charge is -2.35. The van der Waals surface area contributed by atoms with Gasteiger partial charge >= 0.3 is 0 Å². The van der Waals surface area contributed by atoms with E-state index in [1.54, 1.807) is 0 Å². The molecule has 17 rings (SSSR count). The molecule has 2 saturated carbocycles. The fraction of sp³-hybridized carbons (Fsp3) is 0.156. The number of hydrogen-bond donors (Lipinski definition) is 0. The highest BCUT2D eigenvalue weighted by Gasteiger charge is 2.43. The number of hydrogen-bond acceptors (Lipinski definition) is 1. The molecule has 0 N–H and O–H groups in total. The number of aromatic nitrogens is 3. The van der Waals surface area contributed by atoms with Gasteiger partial charge in [0.15, 0.2) is 0 Å². The van der Waals surface area contributed by atoms with Crippen LogP contribution in [0.25, 0.3) is 122 Å². The number of fused-ring (bicyclic) bond motifs is 10. The van der Waals surface area contributed by atoms with Crippen molar-refractivity contribution in [2.24, 2.45) is 0 Å². The maximum atomic E-state index is 5.61. The molecule has 0 unspecified atom stereocenters. The van der Waals surface area contributed by atoms with Gasteiger partial charge in [0.05, 0.1) is 22.4 Å². The Bertz CT molecular complexity index is 4370. The fourth-order valence-electron chi connectivity index (χ4n) is 15.7. The highest BCUT2D eigenvalue weighted by molar-refractivity contribution is 7.00. The van der Waals surface area contributed by atoms with E-state index < -0.39 is 0 Å². The molecule has 0 bridgehead atoms. The molecule has 0 spiro atoms. The van der Waals surface area contributed by atoms with Gasteiger partial charge in [0.2, 0.25) is 0 Å². The summed E-state index contributed by atoms with van der Waals surface area (Å²) in [5, 5.41) is 5.61.